The number of nitrogens with one attached hydrogen (secondary N) is 2. The quantitative estimate of drug-likeness (QED) is 0.590. The molecule has 1 fully saturated rings. The molecule has 78 valence electrons. The van der Waals surface area contributed by atoms with Crippen LogP contribution in [0.3, 0.4) is 0 Å². The van der Waals surface area contributed by atoms with Gasteiger partial charge < -0.3 is 20.5 Å². The van der Waals surface area contributed by atoms with Gasteiger partial charge in [0.05, 0.1) is 25.9 Å². The van der Waals surface area contributed by atoms with Crippen LogP contribution in [0.5, 0.6) is 0 Å². The summed E-state index contributed by atoms with van der Waals surface area (Å²) in [6, 6.07) is 0. The third-order valence-corrected chi connectivity index (χ3v) is 1.88. The smallest absolute Gasteiger partial charge is 0.243 e. The number of anilines is 2. The zero-order valence-electron chi connectivity index (χ0n) is 7.69. The molecule has 1 aromatic heterocycles. The summed E-state index contributed by atoms with van der Waals surface area (Å²) in [5.41, 5.74) is 5.36. The molecule has 0 bridgehead atoms. The van der Waals surface area contributed by atoms with Crippen molar-refractivity contribution in [1.29, 1.82) is 0 Å². The number of ether oxygens (including phenoxy) is 2. The van der Waals surface area contributed by atoms with E-state index in [0.717, 1.165) is 0 Å². The van der Waals surface area contributed by atoms with E-state index in [1.165, 1.54) is 0 Å². The van der Waals surface area contributed by atoms with Crippen LogP contribution in [0.4, 0.5) is 11.9 Å². The highest BCUT2D eigenvalue weighted by Crippen LogP contribution is 2.03. The van der Waals surface area contributed by atoms with E-state index < -0.39 is 0 Å². The summed E-state index contributed by atoms with van der Waals surface area (Å²) in [5.74, 6) is 0.782. The Morgan fingerprint density at radius 1 is 1.57 bits per heavy atom. The maximum Gasteiger partial charge on any atom is 0.243 e. The van der Waals surface area contributed by atoms with E-state index in [9.17, 15) is 0 Å². The molecule has 0 aromatic carbocycles. The van der Waals surface area contributed by atoms with E-state index in [1.54, 1.807) is 0 Å². The first-order valence-corrected chi connectivity index (χ1v) is 4.45. The molecule has 1 aliphatic heterocycles. The molecule has 7 heteroatoms. The minimum absolute atomic E-state index is 0.0588. The van der Waals surface area contributed by atoms with Crippen LogP contribution in [0.25, 0.3) is 0 Å². The van der Waals surface area contributed by atoms with Crippen molar-refractivity contribution in [3.05, 3.63) is 0 Å². The summed E-state index contributed by atoms with van der Waals surface area (Å²) in [6.07, 6.45) is 0.0588. The Kier molecular flexibility index (Phi) is 2.80. The van der Waals surface area contributed by atoms with Crippen LogP contribution in [-0.2, 0) is 9.47 Å². The van der Waals surface area contributed by atoms with Gasteiger partial charge in [0, 0.05) is 6.54 Å². The summed E-state index contributed by atoms with van der Waals surface area (Å²) < 4.78 is 10.7. The normalized spacial score (nSPS) is 22.1. The second-order valence-electron chi connectivity index (χ2n) is 2.99. The molecule has 0 spiro atoms. The van der Waals surface area contributed by atoms with Crippen molar-refractivity contribution in [2.24, 2.45) is 0 Å². The average Bonchev–Trinajstić information content (AvgIpc) is 2.63. The lowest BCUT2D eigenvalue weighted by molar-refractivity contribution is -0.0819. The highest BCUT2D eigenvalue weighted by Gasteiger charge is 2.14. The molecule has 2 rings (SSSR count). The summed E-state index contributed by atoms with van der Waals surface area (Å²) in [7, 11) is 0. The molecule has 2 heterocycles. The lowest BCUT2D eigenvalue weighted by atomic mass is 10.3. The van der Waals surface area contributed by atoms with Crippen molar-refractivity contribution in [1.82, 2.24) is 15.2 Å². The van der Waals surface area contributed by atoms with Gasteiger partial charge in [0.25, 0.3) is 0 Å². The van der Waals surface area contributed by atoms with Crippen molar-refractivity contribution < 1.29 is 9.47 Å². The maximum absolute atomic E-state index is 5.42. The Morgan fingerprint density at radius 3 is 3.14 bits per heavy atom. The van der Waals surface area contributed by atoms with Crippen molar-refractivity contribution >= 4 is 11.9 Å². The molecular formula is C7H13N5O2. The van der Waals surface area contributed by atoms with Crippen molar-refractivity contribution in [2.45, 2.75) is 6.10 Å². The zero-order chi connectivity index (χ0) is 9.80. The monoisotopic (exact) mass is 199 g/mol. The third kappa shape index (κ3) is 2.33. The Labute approximate surface area is 81.0 Å². The van der Waals surface area contributed by atoms with Crippen LogP contribution < -0.4 is 11.1 Å². The molecule has 4 N–H and O–H groups in total. The number of nitrogens with two attached hydrogens (primary N) is 1. The largest absolute Gasteiger partial charge is 0.376 e. The fraction of sp³-hybridized carbons (Fsp3) is 0.714. The van der Waals surface area contributed by atoms with Gasteiger partial charge in [-0.2, -0.15) is 4.98 Å². The van der Waals surface area contributed by atoms with Gasteiger partial charge >= 0.3 is 0 Å². The molecule has 0 amide bonds. The van der Waals surface area contributed by atoms with Gasteiger partial charge in [-0.15, -0.1) is 5.10 Å². The number of hydrogen-bond acceptors (Lipinski definition) is 6. The summed E-state index contributed by atoms with van der Waals surface area (Å²) in [4.78, 5) is 3.90. The molecule has 0 aliphatic carbocycles. The van der Waals surface area contributed by atoms with Crippen molar-refractivity contribution in [2.75, 3.05) is 37.4 Å². The Balaban J connectivity index is 1.76. The molecule has 7 nitrogen and oxygen atoms in total. The molecule has 1 saturated heterocycles. The minimum atomic E-state index is 0.0588. The molecule has 1 atom stereocenters. The van der Waals surface area contributed by atoms with Gasteiger partial charge in [0.15, 0.2) is 0 Å². The standard InChI is InChI=1S/C7H13N5O2/c8-6-10-7(12-11-6)9-3-5-4-13-1-2-14-5/h5H,1-4H2,(H4,8,9,10,11,12). The average molecular weight is 199 g/mol. The topological polar surface area (TPSA) is 98.1 Å². The molecule has 1 unspecified atom stereocenters. The maximum atomic E-state index is 5.42. The predicted octanol–water partition coefficient (Wildman–Crippen LogP) is -0.786. The van der Waals surface area contributed by atoms with Gasteiger partial charge in [-0.3, -0.25) is 0 Å². The third-order valence-electron chi connectivity index (χ3n) is 1.88. The Morgan fingerprint density at radius 2 is 2.50 bits per heavy atom. The molecule has 14 heavy (non-hydrogen) atoms. The second-order valence-corrected chi connectivity index (χ2v) is 2.99. The minimum Gasteiger partial charge on any atom is -0.376 e. The Hall–Kier alpha value is -1.34. The first kappa shape index (κ1) is 9.22. The fourth-order valence-corrected chi connectivity index (χ4v) is 1.21. The molecule has 1 aromatic rings. The summed E-state index contributed by atoms with van der Waals surface area (Å²) in [6.45, 7) is 2.54. The lowest BCUT2D eigenvalue weighted by Gasteiger charge is -2.22. The van der Waals surface area contributed by atoms with Crippen LogP contribution in [0.1, 0.15) is 0 Å². The number of nitrogens with zero attached hydrogens (tertiary/aromatic N) is 2. The number of nitrogen functional groups attached to an aromatic ring is 1. The summed E-state index contributed by atoms with van der Waals surface area (Å²) >= 11 is 0. The van der Waals surface area contributed by atoms with E-state index in [-0.39, 0.29) is 6.10 Å². The second kappa shape index (κ2) is 4.25. The van der Waals surface area contributed by atoms with Crippen molar-refractivity contribution in [3.8, 4) is 0 Å². The van der Waals surface area contributed by atoms with E-state index in [4.69, 9.17) is 15.2 Å². The highest BCUT2D eigenvalue weighted by molar-refractivity contribution is 5.29. The van der Waals surface area contributed by atoms with Gasteiger partial charge in [-0.05, 0) is 0 Å². The van der Waals surface area contributed by atoms with E-state index in [2.05, 4.69) is 20.5 Å². The molecule has 1 aliphatic rings. The number of H-pyrrole nitrogens is 1. The van der Waals surface area contributed by atoms with Gasteiger partial charge in [-0.25, -0.2) is 5.10 Å². The van der Waals surface area contributed by atoms with E-state index >= 15 is 0 Å². The first-order chi connectivity index (χ1) is 6.84. The van der Waals surface area contributed by atoms with Crippen LogP contribution in [0, 0.1) is 0 Å². The Bertz CT molecular complexity index is 283. The molecular weight excluding hydrogens is 186 g/mol. The molecule has 0 radical (unpaired) electrons. The first-order valence-electron chi connectivity index (χ1n) is 4.45. The number of hydrogen-bond donors (Lipinski definition) is 3. The predicted molar refractivity (Wildman–Crippen MR) is 49.8 cm³/mol. The van der Waals surface area contributed by atoms with E-state index in [0.29, 0.717) is 38.3 Å². The number of rotatable bonds is 3. The van der Waals surface area contributed by atoms with Gasteiger partial charge in [0.1, 0.15) is 0 Å². The van der Waals surface area contributed by atoms with E-state index in [1.807, 2.05) is 0 Å². The van der Waals surface area contributed by atoms with Crippen molar-refractivity contribution in [3.63, 3.8) is 0 Å². The summed E-state index contributed by atoms with van der Waals surface area (Å²) in [5, 5.41) is 9.37. The van der Waals surface area contributed by atoms with Gasteiger partial charge in [-0.1, -0.05) is 0 Å². The zero-order valence-corrected chi connectivity index (χ0v) is 7.69. The van der Waals surface area contributed by atoms with Crippen LogP contribution in [0.15, 0.2) is 0 Å². The lowest BCUT2D eigenvalue weighted by Crippen LogP contribution is -2.34. The number of aromatic amines is 1. The van der Waals surface area contributed by atoms with Crippen LogP contribution in [-0.4, -0.2) is 47.7 Å². The fourth-order valence-electron chi connectivity index (χ4n) is 1.21. The van der Waals surface area contributed by atoms with Gasteiger partial charge in [0.2, 0.25) is 11.9 Å². The molecule has 0 saturated carbocycles. The van der Waals surface area contributed by atoms with Crippen LogP contribution in [0.2, 0.25) is 0 Å². The van der Waals surface area contributed by atoms with Crippen LogP contribution >= 0.6 is 0 Å². The number of aromatic nitrogens is 3. The highest BCUT2D eigenvalue weighted by atomic mass is 16.6. The SMILES string of the molecule is Nc1nc(NCC2COCCO2)n[nH]1.